The number of imidazole rings is 1. The van der Waals surface area contributed by atoms with Crippen molar-refractivity contribution >= 4 is 11.9 Å². The van der Waals surface area contributed by atoms with Crippen LogP contribution >= 0.6 is 0 Å². The Labute approximate surface area is 163 Å². The first-order valence-electron chi connectivity index (χ1n) is 9.28. The van der Waals surface area contributed by atoms with Crippen LogP contribution in [0.15, 0.2) is 73.2 Å². The fraction of sp³-hybridized carbons (Fsp3) is 0.227. The number of aliphatic carboxylic acids is 1. The number of aromatic nitrogens is 2. The molecule has 2 heterocycles. The Morgan fingerprint density at radius 1 is 0.929 bits per heavy atom. The van der Waals surface area contributed by atoms with Crippen LogP contribution in [0.4, 0.5) is 0 Å². The summed E-state index contributed by atoms with van der Waals surface area (Å²) >= 11 is 0. The molecule has 1 fully saturated rings. The smallest absolute Gasteiger partial charge is 0.314 e. The summed E-state index contributed by atoms with van der Waals surface area (Å²) in [6.07, 6.45) is 3.96. The Balaban J connectivity index is 1.56. The monoisotopic (exact) mass is 375 g/mol. The summed E-state index contributed by atoms with van der Waals surface area (Å²) in [5, 5.41) is 9.93. The van der Waals surface area contributed by atoms with E-state index in [1.165, 1.54) is 0 Å². The number of carbonyl (C=O) groups is 2. The number of likely N-dealkylation sites (tertiary alicyclic amines) is 1. The van der Waals surface area contributed by atoms with E-state index in [9.17, 15) is 14.7 Å². The lowest BCUT2D eigenvalue weighted by Gasteiger charge is -2.39. The van der Waals surface area contributed by atoms with Gasteiger partial charge in [0.25, 0.3) is 5.91 Å². The van der Waals surface area contributed by atoms with E-state index in [2.05, 4.69) is 4.98 Å². The topological polar surface area (TPSA) is 75.4 Å². The second-order valence-electron chi connectivity index (χ2n) is 7.03. The molecule has 0 aliphatic carbocycles. The third kappa shape index (κ3) is 3.07. The number of para-hydroxylation sites is 1. The van der Waals surface area contributed by atoms with Gasteiger partial charge in [-0.1, -0.05) is 48.5 Å². The van der Waals surface area contributed by atoms with Gasteiger partial charge in [-0.05, 0) is 30.5 Å². The number of carbonyl (C=O) groups excluding carboxylic acids is 1. The molecule has 0 atom stereocenters. The van der Waals surface area contributed by atoms with Gasteiger partial charge < -0.3 is 10.0 Å². The van der Waals surface area contributed by atoms with E-state index in [1.807, 2.05) is 60.7 Å². The summed E-state index contributed by atoms with van der Waals surface area (Å²) in [7, 11) is 0. The van der Waals surface area contributed by atoms with Crippen LogP contribution in [-0.4, -0.2) is 44.5 Å². The van der Waals surface area contributed by atoms with Crippen molar-refractivity contribution in [1.29, 1.82) is 0 Å². The fourth-order valence-electron chi connectivity index (χ4n) is 3.88. The van der Waals surface area contributed by atoms with Gasteiger partial charge in [-0.25, -0.2) is 4.98 Å². The Morgan fingerprint density at radius 2 is 1.54 bits per heavy atom. The van der Waals surface area contributed by atoms with Crippen LogP contribution in [0.3, 0.4) is 0 Å². The van der Waals surface area contributed by atoms with Gasteiger partial charge in [0.05, 0.1) is 17.9 Å². The van der Waals surface area contributed by atoms with E-state index in [0.29, 0.717) is 31.6 Å². The molecule has 1 aliphatic rings. The summed E-state index contributed by atoms with van der Waals surface area (Å²) in [4.78, 5) is 31.1. The van der Waals surface area contributed by atoms with Crippen molar-refractivity contribution in [1.82, 2.24) is 14.5 Å². The molecule has 1 N–H and O–H groups in total. The number of benzene rings is 2. The predicted molar refractivity (Wildman–Crippen MR) is 104 cm³/mol. The second-order valence-corrected chi connectivity index (χ2v) is 7.03. The standard InChI is InChI=1S/C22H21N3O3/c26-20(19-15-23-16-25(19)18-9-5-2-6-10-18)24-13-11-22(12-14-24,21(27)28)17-7-3-1-4-8-17/h1-10,15-16H,11-14H2,(H,27,28). The van der Waals surface area contributed by atoms with Crippen molar-refractivity contribution in [3.05, 3.63) is 84.4 Å². The maximum atomic E-state index is 13.1. The molecule has 1 aromatic heterocycles. The number of hydrogen-bond donors (Lipinski definition) is 1. The zero-order valence-electron chi connectivity index (χ0n) is 15.4. The summed E-state index contributed by atoms with van der Waals surface area (Å²) in [6, 6.07) is 18.9. The second kappa shape index (κ2) is 7.31. The van der Waals surface area contributed by atoms with Crippen LogP contribution in [0.5, 0.6) is 0 Å². The summed E-state index contributed by atoms with van der Waals surface area (Å²) in [5.41, 5.74) is 1.19. The number of hydrogen-bond acceptors (Lipinski definition) is 3. The first kappa shape index (κ1) is 18.0. The quantitative estimate of drug-likeness (QED) is 0.760. The van der Waals surface area contributed by atoms with Gasteiger partial charge in [0.15, 0.2) is 0 Å². The van der Waals surface area contributed by atoms with E-state index in [-0.39, 0.29) is 5.91 Å². The van der Waals surface area contributed by atoms with Gasteiger partial charge in [-0.15, -0.1) is 0 Å². The number of rotatable bonds is 4. The maximum absolute atomic E-state index is 13.1. The fourth-order valence-corrected chi connectivity index (χ4v) is 3.88. The minimum atomic E-state index is -0.947. The number of nitrogens with zero attached hydrogens (tertiary/aromatic N) is 3. The minimum absolute atomic E-state index is 0.131. The van der Waals surface area contributed by atoms with Crippen molar-refractivity contribution < 1.29 is 14.7 Å². The first-order valence-corrected chi connectivity index (χ1v) is 9.28. The van der Waals surface area contributed by atoms with Gasteiger partial charge in [-0.3, -0.25) is 14.2 Å². The van der Waals surface area contributed by atoms with Gasteiger partial charge >= 0.3 is 5.97 Å². The molecule has 28 heavy (non-hydrogen) atoms. The normalized spacial score (nSPS) is 15.9. The third-order valence-corrected chi connectivity index (χ3v) is 5.53. The van der Waals surface area contributed by atoms with Gasteiger partial charge in [0.1, 0.15) is 5.69 Å². The molecule has 1 saturated heterocycles. The lowest BCUT2D eigenvalue weighted by atomic mass is 9.73. The zero-order valence-corrected chi connectivity index (χ0v) is 15.4. The number of carboxylic acid groups (broad SMARTS) is 1. The zero-order chi connectivity index (χ0) is 19.6. The highest BCUT2D eigenvalue weighted by Gasteiger charge is 2.44. The molecular formula is C22H21N3O3. The van der Waals surface area contributed by atoms with Crippen molar-refractivity contribution in [2.75, 3.05) is 13.1 Å². The summed E-state index contributed by atoms with van der Waals surface area (Å²) in [5.74, 6) is -0.964. The number of amides is 1. The Hall–Kier alpha value is -3.41. The summed E-state index contributed by atoms with van der Waals surface area (Å²) in [6.45, 7) is 0.778. The van der Waals surface area contributed by atoms with Crippen molar-refractivity contribution in [3.63, 3.8) is 0 Å². The highest BCUT2D eigenvalue weighted by atomic mass is 16.4. The van der Waals surface area contributed by atoms with Crippen LogP contribution in [0.1, 0.15) is 28.9 Å². The lowest BCUT2D eigenvalue weighted by molar-refractivity contribution is -0.145. The maximum Gasteiger partial charge on any atom is 0.314 e. The van der Waals surface area contributed by atoms with Crippen molar-refractivity contribution in [2.45, 2.75) is 18.3 Å². The van der Waals surface area contributed by atoms with E-state index < -0.39 is 11.4 Å². The molecule has 0 bridgehead atoms. The lowest BCUT2D eigenvalue weighted by Crippen LogP contribution is -2.49. The molecule has 1 aliphatic heterocycles. The third-order valence-electron chi connectivity index (χ3n) is 5.53. The van der Waals surface area contributed by atoms with E-state index in [0.717, 1.165) is 11.3 Å². The molecule has 6 heteroatoms. The van der Waals surface area contributed by atoms with Gasteiger partial charge in [-0.2, -0.15) is 0 Å². The SMILES string of the molecule is O=C(c1cncn1-c1ccccc1)N1CCC(C(=O)O)(c2ccccc2)CC1. The van der Waals surface area contributed by atoms with Gasteiger partial charge in [0.2, 0.25) is 0 Å². The van der Waals surface area contributed by atoms with E-state index in [4.69, 9.17) is 0 Å². The molecule has 0 radical (unpaired) electrons. The molecule has 6 nitrogen and oxygen atoms in total. The molecular weight excluding hydrogens is 354 g/mol. The summed E-state index contributed by atoms with van der Waals surface area (Å²) < 4.78 is 1.76. The minimum Gasteiger partial charge on any atom is -0.481 e. The molecule has 1 amide bonds. The van der Waals surface area contributed by atoms with E-state index in [1.54, 1.807) is 22.0 Å². The van der Waals surface area contributed by atoms with Crippen molar-refractivity contribution in [3.8, 4) is 5.69 Å². The molecule has 3 aromatic rings. The molecule has 142 valence electrons. The largest absolute Gasteiger partial charge is 0.481 e. The number of piperidine rings is 1. The van der Waals surface area contributed by atoms with Gasteiger partial charge in [0, 0.05) is 18.8 Å². The predicted octanol–water partition coefficient (Wildman–Crippen LogP) is 3.13. The molecule has 0 spiro atoms. The molecule has 0 unspecified atom stereocenters. The Kier molecular flexibility index (Phi) is 4.69. The molecule has 4 rings (SSSR count). The number of carboxylic acids is 1. The van der Waals surface area contributed by atoms with Crippen LogP contribution in [0.2, 0.25) is 0 Å². The first-order chi connectivity index (χ1) is 13.6. The molecule has 2 aromatic carbocycles. The average Bonchev–Trinajstić information content (AvgIpc) is 3.24. The van der Waals surface area contributed by atoms with Crippen LogP contribution in [-0.2, 0) is 10.2 Å². The molecule has 0 saturated carbocycles. The van der Waals surface area contributed by atoms with E-state index >= 15 is 0 Å². The average molecular weight is 375 g/mol. The highest BCUT2D eigenvalue weighted by molar-refractivity contribution is 5.93. The van der Waals surface area contributed by atoms with Crippen LogP contribution in [0.25, 0.3) is 5.69 Å². The van der Waals surface area contributed by atoms with Crippen LogP contribution < -0.4 is 0 Å². The van der Waals surface area contributed by atoms with Crippen LogP contribution in [0, 0.1) is 0 Å². The Bertz CT molecular complexity index is 975. The Morgan fingerprint density at radius 3 is 2.14 bits per heavy atom. The highest BCUT2D eigenvalue weighted by Crippen LogP contribution is 2.36. The van der Waals surface area contributed by atoms with Crippen molar-refractivity contribution in [2.24, 2.45) is 0 Å².